The first kappa shape index (κ1) is 13.0. The third kappa shape index (κ3) is 3.08. The van der Waals surface area contributed by atoms with Crippen LogP contribution in [-0.2, 0) is 18.8 Å². The molecule has 7 nitrogen and oxygen atoms in total. The number of aryl methyl sites for hydroxylation is 1. The molecule has 0 aliphatic rings. The predicted molar refractivity (Wildman–Crippen MR) is 67.0 cm³/mol. The molecule has 98 valence electrons. The predicted octanol–water partition coefficient (Wildman–Crippen LogP) is 0.564. The van der Waals surface area contributed by atoms with Crippen molar-refractivity contribution < 1.29 is 5.11 Å². The van der Waals surface area contributed by atoms with Gasteiger partial charge in [-0.05, 0) is 16.8 Å². The number of thioether (sulfide) groups is 1. The number of hydrogen-bond donors (Lipinski definition) is 1. The fourth-order valence-electron chi connectivity index (χ4n) is 1.58. The molecule has 2 heterocycles. The molecule has 0 aliphatic heterocycles. The smallest absolute Gasteiger partial charge is 0.209 e. The lowest BCUT2D eigenvalue weighted by molar-refractivity contribution is 0.262. The van der Waals surface area contributed by atoms with Crippen molar-refractivity contribution in [2.75, 3.05) is 6.61 Å². The van der Waals surface area contributed by atoms with E-state index in [1.165, 1.54) is 0 Å². The Labute approximate surface area is 109 Å². The molecule has 1 N–H and O–H groups in total. The van der Waals surface area contributed by atoms with Crippen LogP contribution in [0.3, 0.4) is 0 Å². The lowest BCUT2D eigenvalue weighted by atomic mass is 10.4. The maximum atomic E-state index is 8.89. The number of nitrogens with zero attached hydrogens (tertiary/aromatic N) is 6. The first-order valence-corrected chi connectivity index (χ1v) is 6.82. The van der Waals surface area contributed by atoms with E-state index in [0.717, 1.165) is 24.4 Å². The topological polar surface area (TPSA) is 81.7 Å². The van der Waals surface area contributed by atoms with Gasteiger partial charge in [-0.15, -0.1) is 5.10 Å². The molecule has 8 heteroatoms. The number of hydrogen-bond acceptors (Lipinski definition) is 6. The largest absolute Gasteiger partial charge is 0.394 e. The third-order valence-corrected chi connectivity index (χ3v) is 3.41. The van der Waals surface area contributed by atoms with Crippen LogP contribution in [0.4, 0.5) is 0 Å². The van der Waals surface area contributed by atoms with E-state index in [9.17, 15) is 0 Å². The molecule has 2 rings (SSSR count). The molecule has 0 saturated heterocycles. The van der Waals surface area contributed by atoms with Crippen molar-refractivity contribution in [3.63, 3.8) is 0 Å². The van der Waals surface area contributed by atoms with E-state index in [1.807, 2.05) is 12.5 Å². The standard InChI is InChI=1S/C10H16N6OS/c1-2-3-15-8-11-6-9(15)7-18-10-12-13-14-16(10)4-5-17/h6,8,17H,2-5,7H2,1H3. The summed E-state index contributed by atoms with van der Waals surface area (Å²) in [5.74, 6) is 0.770. The lowest BCUT2D eigenvalue weighted by Crippen LogP contribution is -2.06. The first-order valence-electron chi connectivity index (χ1n) is 5.84. The Morgan fingerprint density at radius 2 is 2.28 bits per heavy atom. The van der Waals surface area contributed by atoms with E-state index < -0.39 is 0 Å². The van der Waals surface area contributed by atoms with Crippen LogP contribution in [0.1, 0.15) is 19.0 Å². The summed E-state index contributed by atoms with van der Waals surface area (Å²) in [5.41, 5.74) is 1.15. The average molecular weight is 268 g/mol. The van der Waals surface area contributed by atoms with Crippen LogP contribution >= 0.6 is 11.8 Å². The van der Waals surface area contributed by atoms with Crippen LogP contribution in [0, 0.1) is 0 Å². The van der Waals surface area contributed by atoms with Gasteiger partial charge in [-0.1, -0.05) is 18.7 Å². The highest BCUT2D eigenvalue weighted by Gasteiger charge is 2.08. The van der Waals surface area contributed by atoms with Gasteiger partial charge >= 0.3 is 0 Å². The molecule has 0 bridgehead atoms. The average Bonchev–Trinajstić information content (AvgIpc) is 2.97. The molecule has 18 heavy (non-hydrogen) atoms. The van der Waals surface area contributed by atoms with Gasteiger partial charge in [-0.2, -0.15) is 0 Å². The Bertz CT molecular complexity index is 438. The summed E-state index contributed by atoms with van der Waals surface area (Å²) in [6, 6.07) is 0. The number of aliphatic hydroxyl groups is 1. The lowest BCUT2D eigenvalue weighted by Gasteiger charge is -2.06. The van der Waals surface area contributed by atoms with E-state index in [-0.39, 0.29) is 6.61 Å². The van der Waals surface area contributed by atoms with Gasteiger partial charge in [0.15, 0.2) is 0 Å². The quantitative estimate of drug-likeness (QED) is 0.739. The molecule has 0 atom stereocenters. The van der Waals surface area contributed by atoms with Crippen molar-refractivity contribution in [3.05, 3.63) is 18.2 Å². The van der Waals surface area contributed by atoms with Crippen LogP contribution in [0.2, 0.25) is 0 Å². The van der Waals surface area contributed by atoms with E-state index in [4.69, 9.17) is 5.11 Å². The van der Waals surface area contributed by atoms with Crippen LogP contribution in [0.15, 0.2) is 17.7 Å². The molecule has 0 unspecified atom stereocenters. The third-order valence-electron chi connectivity index (χ3n) is 2.42. The first-order chi connectivity index (χ1) is 8.85. The van der Waals surface area contributed by atoms with E-state index in [2.05, 4.69) is 32.0 Å². The monoisotopic (exact) mass is 268 g/mol. The zero-order chi connectivity index (χ0) is 12.8. The fourth-order valence-corrected chi connectivity index (χ4v) is 2.47. The maximum absolute atomic E-state index is 8.89. The minimum atomic E-state index is 0.0341. The number of rotatable bonds is 7. The van der Waals surface area contributed by atoms with E-state index in [0.29, 0.717) is 11.7 Å². The van der Waals surface area contributed by atoms with Gasteiger partial charge in [0.2, 0.25) is 5.16 Å². The maximum Gasteiger partial charge on any atom is 0.209 e. The van der Waals surface area contributed by atoms with E-state index >= 15 is 0 Å². The van der Waals surface area contributed by atoms with Crippen LogP contribution in [0.25, 0.3) is 0 Å². The molecular formula is C10H16N6OS. The molecular weight excluding hydrogens is 252 g/mol. The van der Waals surface area contributed by atoms with Crippen molar-refractivity contribution >= 4 is 11.8 Å². The highest BCUT2D eigenvalue weighted by Crippen LogP contribution is 2.19. The van der Waals surface area contributed by atoms with Crippen LogP contribution in [-0.4, -0.2) is 41.5 Å². The van der Waals surface area contributed by atoms with Crippen molar-refractivity contribution in [2.45, 2.75) is 37.3 Å². The van der Waals surface area contributed by atoms with Gasteiger partial charge in [0, 0.05) is 24.2 Å². The summed E-state index contributed by atoms with van der Waals surface area (Å²) in [4.78, 5) is 4.15. The molecule has 0 fully saturated rings. The van der Waals surface area contributed by atoms with Crippen molar-refractivity contribution in [1.29, 1.82) is 0 Å². The molecule has 0 aliphatic carbocycles. The van der Waals surface area contributed by atoms with Crippen molar-refractivity contribution in [2.24, 2.45) is 0 Å². The second-order valence-corrected chi connectivity index (χ2v) is 4.72. The Morgan fingerprint density at radius 1 is 1.39 bits per heavy atom. The molecule has 2 aromatic rings. The normalized spacial score (nSPS) is 11.0. The number of aliphatic hydroxyl groups excluding tert-OH is 1. The SMILES string of the molecule is CCCn1cncc1CSc1nnnn1CCO. The zero-order valence-corrected chi connectivity index (χ0v) is 11.0. The van der Waals surface area contributed by atoms with Crippen LogP contribution < -0.4 is 0 Å². The minimum absolute atomic E-state index is 0.0341. The van der Waals surface area contributed by atoms with Gasteiger partial charge in [0.1, 0.15) is 0 Å². The molecule has 0 spiro atoms. The molecule has 0 radical (unpaired) electrons. The molecule has 2 aromatic heterocycles. The second kappa shape index (κ2) is 6.50. The number of tetrazole rings is 1. The summed E-state index contributed by atoms with van der Waals surface area (Å²) in [5, 5.41) is 21.0. The number of imidazole rings is 1. The Balaban J connectivity index is 1.98. The minimum Gasteiger partial charge on any atom is -0.394 e. The van der Waals surface area contributed by atoms with Gasteiger partial charge < -0.3 is 9.67 Å². The summed E-state index contributed by atoms with van der Waals surface area (Å²) in [6.45, 7) is 3.56. The fraction of sp³-hybridized carbons (Fsp3) is 0.600. The molecule has 0 saturated carbocycles. The van der Waals surface area contributed by atoms with Gasteiger partial charge in [0.25, 0.3) is 0 Å². The van der Waals surface area contributed by atoms with Gasteiger partial charge in [-0.3, -0.25) is 0 Å². The Kier molecular flexibility index (Phi) is 4.71. The highest BCUT2D eigenvalue weighted by molar-refractivity contribution is 7.98. The van der Waals surface area contributed by atoms with Gasteiger partial charge in [-0.25, -0.2) is 9.67 Å². The van der Waals surface area contributed by atoms with Crippen molar-refractivity contribution in [1.82, 2.24) is 29.8 Å². The summed E-state index contributed by atoms with van der Waals surface area (Å²) < 4.78 is 3.73. The number of aromatic nitrogens is 6. The highest BCUT2D eigenvalue weighted by atomic mass is 32.2. The Morgan fingerprint density at radius 3 is 3.06 bits per heavy atom. The summed E-state index contributed by atoms with van der Waals surface area (Å²) >= 11 is 1.55. The summed E-state index contributed by atoms with van der Waals surface area (Å²) in [6.07, 6.45) is 4.79. The molecule has 0 aromatic carbocycles. The second-order valence-electron chi connectivity index (χ2n) is 3.78. The van der Waals surface area contributed by atoms with Crippen molar-refractivity contribution in [3.8, 4) is 0 Å². The summed E-state index contributed by atoms with van der Waals surface area (Å²) in [7, 11) is 0. The van der Waals surface area contributed by atoms with Crippen LogP contribution in [0.5, 0.6) is 0 Å². The molecule has 0 amide bonds. The van der Waals surface area contributed by atoms with Gasteiger partial charge in [0.05, 0.1) is 19.5 Å². The van der Waals surface area contributed by atoms with E-state index in [1.54, 1.807) is 16.4 Å². The zero-order valence-electron chi connectivity index (χ0n) is 10.2. The Hall–Kier alpha value is -1.41.